The fraction of sp³-hybridized carbons (Fsp3) is 1.00. The van der Waals surface area contributed by atoms with Crippen molar-refractivity contribution in [2.45, 2.75) is 78.8 Å². The Hall–Kier alpha value is -0.0800. The summed E-state index contributed by atoms with van der Waals surface area (Å²) in [7, 11) is 0. The highest BCUT2D eigenvalue weighted by molar-refractivity contribution is 4.68. The van der Waals surface area contributed by atoms with Crippen LogP contribution in [-0.2, 0) is 0 Å². The lowest BCUT2D eigenvalue weighted by atomic mass is 10.1. The lowest BCUT2D eigenvalue weighted by Crippen LogP contribution is -2.35. The first-order chi connectivity index (χ1) is 8.15. The van der Waals surface area contributed by atoms with E-state index in [0.29, 0.717) is 6.04 Å². The third kappa shape index (κ3) is 8.62. The zero-order valence-electron chi connectivity index (χ0n) is 12.8. The van der Waals surface area contributed by atoms with Gasteiger partial charge in [-0.3, -0.25) is 0 Å². The Bertz CT molecular complexity index is 159. The van der Waals surface area contributed by atoms with E-state index in [2.05, 4.69) is 44.8 Å². The molecule has 0 bridgehead atoms. The van der Waals surface area contributed by atoms with E-state index in [1.165, 1.54) is 45.2 Å². The summed E-state index contributed by atoms with van der Waals surface area (Å²) in [6.07, 6.45) is 6.54. The van der Waals surface area contributed by atoms with Crippen molar-refractivity contribution in [2.24, 2.45) is 0 Å². The van der Waals surface area contributed by atoms with E-state index in [4.69, 9.17) is 0 Å². The minimum Gasteiger partial charge on any atom is -0.315 e. The summed E-state index contributed by atoms with van der Waals surface area (Å²) in [6.45, 7) is 15.1. The maximum absolute atomic E-state index is 3.49. The Labute approximate surface area is 109 Å². The molecule has 0 rings (SSSR count). The van der Waals surface area contributed by atoms with Crippen LogP contribution in [0.25, 0.3) is 0 Å². The average Bonchev–Trinajstić information content (AvgIpc) is 2.32. The standard InChI is InChI=1S/C15H34N2/c1-6-9-12-17(15(5)7-2)13-10-11-14(4)16-8-3/h14-16H,6-13H2,1-5H3. The summed E-state index contributed by atoms with van der Waals surface area (Å²) in [4.78, 5) is 2.67. The van der Waals surface area contributed by atoms with Crippen LogP contribution in [0.4, 0.5) is 0 Å². The first-order valence-electron chi connectivity index (χ1n) is 7.63. The van der Waals surface area contributed by atoms with Gasteiger partial charge in [0.15, 0.2) is 0 Å². The molecule has 0 aromatic carbocycles. The number of hydrogen-bond donors (Lipinski definition) is 1. The van der Waals surface area contributed by atoms with Gasteiger partial charge in [0.1, 0.15) is 0 Å². The van der Waals surface area contributed by atoms with Crippen LogP contribution in [0.2, 0.25) is 0 Å². The molecule has 2 nitrogen and oxygen atoms in total. The summed E-state index contributed by atoms with van der Waals surface area (Å²) < 4.78 is 0. The van der Waals surface area contributed by atoms with Crippen LogP contribution >= 0.6 is 0 Å². The van der Waals surface area contributed by atoms with Gasteiger partial charge in [-0.25, -0.2) is 0 Å². The third-order valence-electron chi connectivity index (χ3n) is 3.65. The summed E-state index contributed by atoms with van der Waals surface area (Å²) in [5, 5.41) is 3.49. The van der Waals surface area contributed by atoms with Gasteiger partial charge in [-0.1, -0.05) is 27.2 Å². The molecule has 0 aromatic rings. The Balaban J connectivity index is 3.82. The second-order valence-corrected chi connectivity index (χ2v) is 5.25. The smallest absolute Gasteiger partial charge is 0.00643 e. The maximum atomic E-state index is 3.49. The molecule has 1 N–H and O–H groups in total. The molecular formula is C15H34N2. The number of nitrogens with zero attached hydrogens (tertiary/aromatic N) is 1. The molecule has 17 heavy (non-hydrogen) atoms. The molecule has 0 aromatic heterocycles. The zero-order chi connectivity index (χ0) is 13.1. The van der Waals surface area contributed by atoms with E-state index < -0.39 is 0 Å². The van der Waals surface area contributed by atoms with Gasteiger partial charge in [-0.2, -0.15) is 0 Å². The summed E-state index contributed by atoms with van der Waals surface area (Å²) >= 11 is 0. The van der Waals surface area contributed by atoms with Crippen LogP contribution in [0.15, 0.2) is 0 Å². The highest BCUT2D eigenvalue weighted by Crippen LogP contribution is 2.08. The van der Waals surface area contributed by atoms with Crippen molar-refractivity contribution < 1.29 is 0 Å². The van der Waals surface area contributed by atoms with Gasteiger partial charge < -0.3 is 10.2 Å². The van der Waals surface area contributed by atoms with Crippen LogP contribution in [0.1, 0.15) is 66.7 Å². The van der Waals surface area contributed by atoms with Crippen molar-refractivity contribution in [3.63, 3.8) is 0 Å². The molecule has 0 aliphatic heterocycles. The fourth-order valence-electron chi connectivity index (χ4n) is 2.22. The van der Waals surface area contributed by atoms with Gasteiger partial charge in [-0.05, 0) is 59.2 Å². The van der Waals surface area contributed by atoms with E-state index in [-0.39, 0.29) is 0 Å². The molecule has 0 heterocycles. The molecule has 104 valence electrons. The van der Waals surface area contributed by atoms with E-state index in [1.807, 2.05) is 0 Å². The summed E-state index contributed by atoms with van der Waals surface area (Å²) in [5.74, 6) is 0. The number of rotatable bonds is 11. The Morgan fingerprint density at radius 1 is 1.00 bits per heavy atom. The maximum Gasteiger partial charge on any atom is 0.00643 e. The van der Waals surface area contributed by atoms with Crippen LogP contribution < -0.4 is 5.32 Å². The van der Waals surface area contributed by atoms with Gasteiger partial charge in [-0.15, -0.1) is 0 Å². The molecule has 0 saturated heterocycles. The normalized spacial score (nSPS) is 15.2. The predicted octanol–water partition coefficient (Wildman–Crippen LogP) is 3.67. The average molecular weight is 242 g/mol. The summed E-state index contributed by atoms with van der Waals surface area (Å²) in [6, 6.07) is 1.42. The second kappa shape index (κ2) is 11.0. The van der Waals surface area contributed by atoms with E-state index >= 15 is 0 Å². The highest BCUT2D eigenvalue weighted by atomic mass is 15.1. The number of unbranched alkanes of at least 4 members (excludes halogenated alkanes) is 1. The summed E-state index contributed by atoms with van der Waals surface area (Å²) in [5.41, 5.74) is 0. The molecule has 2 heteroatoms. The SMILES string of the molecule is CCCCN(CCCC(C)NCC)C(C)CC. The zero-order valence-corrected chi connectivity index (χ0v) is 12.8. The largest absolute Gasteiger partial charge is 0.315 e. The lowest BCUT2D eigenvalue weighted by Gasteiger charge is -2.28. The molecule has 2 atom stereocenters. The van der Waals surface area contributed by atoms with Crippen LogP contribution in [-0.4, -0.2) is 36.6 Å². The molecule has 2 unspecified atom stereocenters. The molecule has 0 spiro atoms. The Kier molecular flexibility index (Phi) is 11.0. The quantitative estimate of drug-likeness (QED) is 0.595. The lowest BCUT2D eigenvalue weighted by molar-refractivity contribution is 0.195. The minimum absolute atomic E-state index is 0.671. The minimum atomic E-state index is 0.671. The number of nitrogens with one attached hydrogen (secondary N) is 1. The van der Waals surface area contributed by atoms with Crippen molar-refractivity contribution >= 4 is 0 Å². The molecule has 0 aliphatic carbocycles. The van der Waals surface area contributed by atoms with E-state index in [1.54, 1.807) is 0 Å². The molecule has 0 radical (unpaired) electrons. The number of hydrogen-bond acceptors (Lipinski definition) is 2. The van der Waals surface area contributed by atoms with Gasteiger partial charge in [0.2, 0.25) is 0 Å². The first kappa shape index (κ1) is 16.9. The van der Waals surface area contributed by atoms with Gasteiger partial charge >= 0.3 is 0 Å². The monoisotopic (exact) mass is 242 g/mol. The molecule has 0 aliphatic rings. The van der Waals surface area contributed by atoms with Crippen molar-refractivity contribution in [3.8, 4) is 0 Å². The molecule has 0 saturated carbocycles. The van der Waals surface area contributed by atoms with Gasteiger partial charge in [0.25, 0.3) is 0 Å². The van der Waals surface area contributed by atoms with Crippen molar-refractivity contribution in [2.75, 3.05) is 19.6 Å². The first-order valence-corrected chi connectivity index (χ1v) is 7.63. The van der Waals surface area contributed by atoms with Crippen molar-refractivity contribution in [1.82, 2.24) is 10.2 Å². The van der Waals surface area contributed by atoms with Crippen molar-refractivity contribution in [1.29, 1.82) is 0 Å². The second-order valence-electron chi connectivity index (χ2n) is 5.25. The third-order valence-corrected chi connectivity index (χ3v) is 3.65. The van der Waals surface area contributed by atoms with Gasteiger partial charge in [0.05, 0.1) is 0 Å². The van der Waals surface area contributed by atoms with Crippen molar-refractivity contribution in [3.05, 3.63) is 0 Å². The Morgan fingerprint density at radius 2 is 1.65 bits per heavy atom. The Morgan fingerprint density at radius 3 is 2.18 bits per heavy atom. The van der Waals surface area contributed by atoms with E-state index in [0.717, 1.165) is 12.6 Å². The highest BCUT2D eigenvalue weighted by Gasteiger charge is 2.11. The molecule has 0 fully saturated rings. The fourth-order valence-corrected chi connectivity index (χ4v) is 2.22. The topological polar surface area (TPSA) is 15.3 Å². The van der Waals surface area contributed by atoms with E-state index in [9.17, 15) is 0 Å². The van der Waals surface area contributed by atoms with Crippen LogP contribution in [0, 0.1) is 0 Å². The molecule has 0 amide bonds. The predicted molar refractivity (Wildman–Crippen MR) is 78.6 cm³/mol. The molecular weight excluding hydrogens is 208 g/mol. The van der Waals surface area contributed by atoms with Crippen LogP contribution in [0.5, 0.6) is 0 Å². The van der Waals surface area contributed by atoms with Crippen LogP contribution in [0.3, 0.4) is 0 Å². The van der Waals surface area contributed by atoms with Gasteiger partial charge in [0, 0.05) is 12.1 Å².